The van der Waals surface area contributed by atoms with Gasteiger partial charge in [-0.15, -0.1) is 0 Å². The van der Waals surface area contributed by atoms with Crippen molar-refractivity contribution in [3.8, 4) is 0 Å². The second-order valence-corrected chi connectivity index (χ2v) is 6.32. The predicted octanol–water partition coefficient (Wildman–Crippen LogP) is 4.09. The summed E-state index contributed by atoms with van der Waals surface area (Å²) in [4.78, 5) is 0. The molecule has 1 aromatic carbocycles. The van der Waals surface area contributed by atoms with Crippen LogP contribution >= 0.6 is 15.9 Å². The summed E-state index contributed by atoms with van der Waals surface area (Å²) in [5, 5.41) is 0. The van der Waals surface area contributed by atoms with Crippen LogP contribution in [0.3, 0.4) is 0 Å². The van der Waals surface area contributed by atoms with Crippen molar-refractivity contribution in [3.05, 3.63) is 46.5 Å². The summed E-state index contributed by atoms with van der Waals surface area (Å²) in [7, 11) is 0. The summed E-state index contributed by atoms with van der Waals surface area (Å²) in [5.74, 6) is 0.123. The Hall–Kier alpha value is -0.640. The van der Waals surface area contributed by atoms with Crippen molar-refractivity contribution in [1.82, 2.24) is 0 Å². The Labute approximate surface area is 122 Å². The molecule has 2 nitrogen and oxygen atoms in total. The Bertz CT molecular complexity index is 477. The van der Waals surface area contributed by atoms with Gasteiger partial charge in [0.1, 0.15) is 0 Å². The van der Waals surface area contributed by atoms with Crippen molar-refractivity contribution in [3.63, 3.8) is 0 Å². The van der Waals surface area contributed by atoms with Crippen LogP contribution in [0.25, 0.3) is 0 Å². The topological polar surface area (TPSA) is 18.5 Å². The number of hydrogen-bond donors (Lipinski definition) is 0. The van der Waals surface area contributed by atoms with Crippen LogP contribution < -0.4 is 0 Å². The first kappa shape index (κ1) is 13.3. The molecular weight excluding hydrogens is 304 g/mol. The van der Waals surface area contributed by atoms with E-state index in [0.717, 1.165) is 38.9 Å². The smallest absolute Gasteiger partial charge is 0.169 e. The zero-order valence-electron chi connectivity index (χ0n) is 11.0. The number of allylic oxidation sites excluding steroid dienone is 1. The molecule has 0 amide bonds. The lowest BCUT2D eigenvalue weighted by Crippen LogP contribution is -2.37. The average Bonchev–Trinajstić information content (AvgIpc) is 2.85. The summed E-state index contributed by atoms with van der Waals surface area (Å²) in [6.45, 7) is 5.71. The molecule has 3 rings (SSSR count). The fraction of sp³-hybridized carbons (Fsp3) is 0.500. The van der Waals surface area contributed by atoms with Crippen molar-refractivity contribution in [1.29, 1.82) is 0 Å². The van der Waals surface area contributed by atoms with Gasteiger partial charge in [-0.05, 0) is 30.4 Å². The maximum Gasteiger partial charge on any atom is 0.169 e. The Morgan fingerprint density at radius 2 is 2.00 bits per heavy atom. The first-order chi connectivity index (χ1) is 9.19. The molecule has 0 N–H and O–H groups in total. The Balaban J connectivity index is 1.75. The van der Waals surface area contributed by atoms with Crippen LogP contribution in [-0.2, 0) is 15.9 Å². The number of ether oxygens (including phenoxy) is 2. The number of rotatable bonds is 2. The molecule has 1 atom stereocenters. The van der Waals surface area contributed by atoms with E-state index in [0.29, 0.717) is 5.92 Å². The van der Waals surface area contributed by atoms with E-state index in [1.165, 1.54) is 15.6 Å². The van der Waals surface area contributed by atoms with E-state index in [4.69, 9.17) is 9.47 Å². The fourth-order valence-corrected chi connectivity index (χ4v) is 3.53. The van der Waals surface area contributed by atoms with Gasteiger partial charge in [0.05, 0.1) is 13.2 Å². The summed E-state index contributed by atoms with van der Waals surface area (Å²) < 4.78 is 12.9. The van der Waals surface area contributed by atoms with Crippen molar-refractivity contribution in [2.45, 2.75) is 31.5 Å². The van der Waals surface area contributed by atoms with Crippen LogP contribution in [0.15, 0.2) is 40.9 Å². The van der Waals surface area contributed by atoms with E-state index in [-0.39, 0.29) is 5.79 Å². The van der Waals surface area contributed by atoms with Crippen molar-refractivity contribution in [2.75, 3.05) is 13.2 Å². The Morgan fingerprint density at radius 1 is 1.26 bits per heavy atom. The minimum atomic E-state index is -0.326. The van der Waals surface area contributed by atoms with Gasteiger partial charge in [-0.3, -0.25) is 0 Å². The lowest BCUT2D eigenvalue weighted by Gasteiger charge is -2.37. The first-order valence-electron chi connectivity index (χ1n) is 6.87. The second kappa shape index (κ2) is 5.39. The van der Waals surface area contributed by atoms with Crippen molar-refractivity contribution < 1.29 is 9.47 Å². The molecule has 1 aromatic rings. The first-order valence-corrected chi connectivity index (χ1v) is 7.67. The third kappa shape index (κ3) is 2.78. The standard InChI is InChI=1S/C16H19BrO2/c1-12-6-7-16(18-8-9-19-16)11-14(12)10-13-4-2-3-5-15(13)17/h2-5,14H,1,6-11H2. The summed E-state index contributed by atoms with van der Waals surface area (Å²) in [5.41, 5.74) is 2.67. The summed E-state index contributed by atoms with van der Waals surface area (Å²) >= 11 is 3.63. The molecule has 19 heavy (non-hydrogen) atoms. The monoisotopic (exact) mass is 322 g/mol. The van der Waals surface area contributed by atoms with Crippen LogP contribution in [0.2, 0.25) is 0 Å². The van der Waals surface area contributed by atoms with Gasteiger partial charge in [0.2, 0.25) is 0 Å². The van der Waals surface area contributed by atoms with Gasteiger partial charge in [0.25, 0.3) is 0 Å². The zero-order valence-corrected chi connectivity index (χ0v) is 12.6. The SMILES string of the molecule is C=C1CCC2(CC1Cc1ccccc1Br)OCCO2. The van der Waals surface area contributed by atoms with Gasteiger partial charge in [0, 0.05) is 17.3 Å². The lowest BCUT2D eigenvalue weighted by molar-refractivity contribution is -0.179. The highest BCUT2D eigenvalue weighted by Crippen LogP contribution is 2.42. The molecule has 0 aromatic heterocycles. The number of hydrogen-bond acceptors (Lipinski definition) is 2. The highest BCUT2D eigenvalue weighted by molar-refractivity contribution is 9.10. The van der Waals surface area contributed by atoms with Crippen LogP contribution in [0, 0.1) is 5.92 Å². The minimum Gasteiger partial charge on any atom is -0.348 e. The molecule has 2 fully saturated rings. The van der Waals surface area contributed by atoms with Crippen LogP contribution in [0.4, 0.5) is 0 Å². The second-order valence-electron chi connectivity index (χ2n) is 5.46. The Kier molecular flexibility index (Phi) is 3.79. The van der Waals surface area contributed by atoms with Crippen molar-refractivity contribution in [2.24, 2.45) is 5.92 Å². The minimum absolute atomic E-state index is 0.326. The molecule has 1 aliphatic carbocycles. The number of halogens is 1. The molecule has 2 aliphatic rings. The molecule has 1 saturated heterocycles. The summed E-state index contributed by atoms with van der Waals surface area (Å²) in [6, 6.07) is 8.41. The highest BCUT2D eigenvalue weighted by Gasteiger charge is 2.42. The molecule has 3 heteroatoms. The third-order valence-electron chi connectivity index (χ3n) is 4.20. The van der Waals surface area contributed by atoms with Crippen LogP contribution in [-0.4, -0.2) is 19.0 Å². The van der Waals surface area contributed by atoms with Gasteiger partial charge < -0.3 is 9.47 Å². The maximum atomic E-state index is 5.85. The molecule has 102 valence electrons. The third-order valence-corrected chi connectivity index (χ3v) is 4.97. The maximum absolute atomic E-state index is 5.85. The molecule has 0 radical (unpaired) electrons. The van der Waals surface area contributed by atoms with E-state index < -0.39 is 0 Å². The summed E-state index contributed by atoms with van der Waals surface area (Å²) in [6.07, 6.45) is 3.91. The van der Waals surface area contributed by atoms with E-state index in [1.54, 1.807) is 0 Å². The van der Waals surface area contributed by atoms with E-state index in [2.05, 4.69) is 40.7 Å². The lowest BCUT2D eigenvalue weighted by atomic mass is 9.78. The van der Waals surface area contributed by atoms with Crippen LogP contribution in [0.1, 0.15) is 24.8 Å². The molecule has 1 heterocycles. The molecule has 1 spiro atoms. The van der Waals surface area contributed by atoms with Gasteiger partial charge >= 0.3 is 0 Å². The van der Waals surface area contributed by atoms with Crippen molar-refractivity contribution >= 4 is 15.9 Å². The molecule has 0 bridgehead atoms. The fourth-order valence-electron chi connectivity index (χ4n) is 3.08. The van der Waals surface area contributed by atoms with Gasteiger partial charge in [-0.25, -0.2) is 0 Å². The number of benzene rings is 1. The molecule has 1 saturated carbocycles. The largest absolute Gasteiger partial charge is 0.348 e. The zero-order chi connectivity index (χ0) is 13.3. The highest BCUT2D eigenvalue weighted by atomic mass is 79.9. The molecule has 1 aliphatic heterocycles. The van der Waals surface area contributed by atoms with Gasteiger partial charge in [0.15, 0.2) is 5.79 Å². The predicted molar refractivity (Wildman–Crippen MR) is 79.0 cm³/mol. The molecule has 1 unspecified atom stereocenters. The van der Waals surface area contributed by atoms with E-state index >= 15 is 0 Å². The quantitative estimate of drug-likeness (QED) is 0.763. The van der Waals surface area contributed by atoms with E-state index in [1.807, 2.05) is 6.07 Å². The van der Waals surface area contributed by atoms with E-state index in [9.17, 15) is 0 Å². The average molecular weight is 323 g/mol. The van der Waals surface area contributed by atoms with Gasteiger partial charge in [-0.1, -0.05) is 46.3 Å². The molecular formula is C16H19BrO2. The van der Waals surface area contributed by atoms with Crippen LogP contribution in [0.5, 0.6) is 0 Å². The Morgan fingerprint density at radius 3 is 2.74 bits per heavy atom. The normalized spacial score (nSPS) is 25.9. The van der Waals surface area contributed by atoms with Gasteiger partial charge in [-0.2, -0.15) is 0 Å².